The number of nitrogens with zero attached hydrogens (tertiary/aromatic N) is 4. The Hall–Kier alpha value is -2.96. The molecule has 1 aromatic carbocycles. The van der Waals surface area contributed by atoms with Crippen molar-refractivity contribution in [2.75, 3.05) is 11.1 Å². The normalized spacial score (nSPS) is 10.7. The molecule has 20 heavy (non-hydrogen) atoms. The summed E-state index contributed by atoms with van der Waals surface area (Å²) in [5, 5.41) is 6.76. The molecule has 0 saturated heterocycles. The summed E-state index contributed by atoms with van der Waals surface area (Å²) >= 11 is 0. The predicted molar refractivity (Wildman–Crippen MR) is 75.1 cm³/mol. The first-order valence-electron chi connectivity index (χ1n) is 5.95. The number of nitrogen functional groups attached to an aromatic ring is 1. The van der Waals surface area contributed by atoms with Crippen molar-refractivity contribution in [3.8, 4) is 0 Å². The van der Waals surface area contributed by atoms with E-state index in [2.05, 4.69) is 20.4 Å². The summed E-state index contributed by atoms with van der Waals surface area (Å²) < 4.78 is 1.50. The molecule has 7 nitrogen and oxygen atoms in total. The van der Waals surface area contributed by atoms with Gasteiger partial charge in [0.25, 0.3) is 5.91 Å². The lowest BCUT2D eigenvalue weighted by molar-refractivity contribution is 0.102. The van der Waals surface area contributed by atoms with E-state index in [4.69, 9.17) is 5.73 Å². The zero-order valence-electron chi connectivity index (χ0n) is 10.7. The molecule has 2 heterocycles. The van der Waals surface area contributed by atoms with Gasteiger partial charge in [0.2, 0.25) is 0 Å². The summed E-state index contributed by atoms with van der Waals surface area (Å²) in [4.78, 5) is 20.4. The molecule has 0 aliphatic heterocycles. The number of aromatic nitrogens is 4. The van der Waals surface area contributed by atoms with Crippen LogP contribution in [0.15, 0.2) is 36.8 Å². The third kappa shape index (κ3) is 2.16. The number of anilines is 2. The maximum Gasteiger partial charge on any atom is 0.278 e. The second-order valence-corrected chi connectivity index (χ2v) is 4.32. The van der Waals surface area contributed by atoms with Crippen LogP contribution < -0.4 is 11.1 Å². The van der Waals surface area contributed by atoms with E-state index in [9.17, 15) is 4.79 Å². The van der Waals surface area contributed by atoms with Gasteiger partial charge in [-0.1, -0.05) is 0 Å². The second kappa shape index (κ2) is 4.61. The number of nitrogens with one attached hydrogen (secondary N) is 1. The fourth-order valence-corrected chi connectivity index (χ4v) is 1.91. The van der Waals surface area contributed by atoms with Crippen LogP contribution in [0.5, 0.6) is 0 Å². The van der Waals surface area contributed by atoms with E-state index in [0.717, 1.165) is 5.52 Å². The Balaban J connectivity index is 1.89. The number of benzene rings is 1. The van der Waals surface area contributed by atoms with Crippen LogP contribution in [0.4, 0.5) is 11.4 Å². The van der Waals surface area contributed by atoms with Crippen LogP contribution in [-0.2, 0) is 7.05 Å². The van der Waals surface area contributed by atoms with Crippen LogP contribution in [0, 0.1) is 0 Å². The number of fused-ring (bicyclic) bond motifs is 1. The molecule has 100 valence electrons. The number of carbonyl (C=O) groups is 1. The molecule has 0 atom stereocenters. The molecule has 3 aromatic rings. The van der Waals surface area contributed by atoms with Crippen LogP contribution >= 0.6 is 0 Å². The quantitative estimate of drug-likeness (QED) is 0.727. The smallest absolute Gasteiger partial charge is 0.278 e. The van der Waals surface area contributed by atoms with Crippen LogP contribution in [0.2, 0.25) is 0 Å². The fourth-order valence-electron chi connectivity index (χ4n) is 1.91. The number of nitrogens with two attached hydrogens (primary N) is 1. The van der Waals surface area contributed by atoms with Crippen LogP contribution in [0.25, 0.3) is 11.0 Å². The first kappa shape index (κ1) is 12.1. The molecular formula is C13H12N6O. The second-order valence-electron chi connectivity index (χ2n) is 4.32. The molecule has 0 radical (unpaired) electrons. The molecule has 0 fully saturated rings. The van der Waals surface area contributed by atoms with E-state index < -0.39 is 0 Å². The first-order valence-corrected chi connectivity index (χ1v) is 5.95. The Kier molecular flexibility index (Phi) is 2.79. The first-order chi connectivity index (χ1) is 9.63. The van der Waals surface area contributed by atoms with Gasteiger partial charge in [0, 0.05) is 31.3 Å². The molecule has 0 aliphatic carbocycles. The summed E-state index contributed by atoms with van der Waals surface area (Å²) in [5.41, 5.74) is 8.35. The van der Waals surface area contributed by atoms with E-state index >= 15 is 0 Å². The SMILES string of the molecule is Cn1cc(N)c(C(=O)Nc2ccc3nccnc3c2)n1. The number of hydrogen-bond donors (Lipinski definition) is 2. The van der Waals surface area contributed by atoms with Gasteiger partial charge < -0.3 is 11.1 Å². The van der Waals surface area contributed by atoms with Crippen molar-refractivity contribution in [3.05, 3.63) is 42.5 Å². The maximum absolute atomic E-state index is 12.1. The summed E-state index contributed by atoms with van der Waals surface area (Å²) in [7, 11) is 1.71. The van der Waals surface area contributed by atoms with E-state index in [-0.39, 0.29) is 11.6 Å². The zero-order chi connectivity index (χ0) is 14.1. The monoisotopic (exact) mass is 268 g/mol. The molecule has 0 aliphatic rings. The number of hydrogen-bond acceptors (Lipinski definition) is 5. The van der Waals surface area contributed by atoms with Gasteiger partial charge in [0.1, 0.15) is 0 Å². The highest BCUT2D eigenvalue weighted by atomic mass is 16.2. The summed E-state index contributed by atoms with van der Waals surface area (Å²) in [6.07, 6.45) is 4.81. The molecule has 0 spiro atoms. The third-order valence-corrected chi connectivity index (χ3v) is 2.80. The molecule has 0 bridgehead atoms. The highest BCUT2D eigenvalue weighted by Gasteiger charge is 2.14. The fraction of sp³-hybridized carbons (Fsp3) is 0.0769. The van der Waals surface area contributed by atoms with Crippen molar-refractivity contribution in [3.63, 3.8) is 0 Å². The van der Waals surface area contributed by atoms with E-state index in [0.29, 0.717) is 16.9 Å². The van der Waals surface area contributed by atoms with Gasteiger partial charge in [-0.3, -0.25) is 19.4 Å². The number of aryl methyl sites for hydroxylation is 1. The van der Waals surface area contributed by atoms with Gasteiger partial charge in [-0.05, 0) is 18.2 Å². The average Bonchev–Trinajstić information content (AvgIpc) is 2.78. The molecular weight excluding hydrogens is 256 g/mol. The van der Waals surface area contributed by atoms with Crippen LogP contribution in [-0.4, -0.2) is 25.7 Å². The van der Waals surface area contributed by atoms with Crippen molar-refractivity contribution < 1.29 is 4.79 Å². The number of rotatable bonds is 2. The summed E-state index contributed by atoms with van der Waals surface area (Å²) in [6, 6.07) is 5.30. The van der Waals surface area contributed by atoms with Gasteiger partial charge in [0.05, 0.1) is 16.7 Å². The van der Waals surface area contributed by atoms with Gasteiger partial charge in [-0.25, -0.2) is 0 Å². The van der Waals surface area contributed by atoms with Crippen molar-refractivity contribution in [1.29, 1.82) is 0 Å². The Morgan fingerprint density at radius 3 is 2.70 bits per heavy atom. The molecule has 7 heteroatoms. The maximum atomic E-state index is 12.1. The van der Waals surface area contributed by atoms with Crippen molar-refractivity contribution in [2.24, 2.45) is 7.05 Å². The van der Waals surface area contributed by atoms with Crippen LogP contribution in [0.1, 0.15) is 10.5 Å². The number of carbonyl (C=O) groups excluding carboxylic acids is 1. The molecule has 3 N–H and O–H groups in total. The predicted octanol–water partition coefficient (Wildman–Crippen LogP) is 1.20. The summed E-state index contributed by atoms with van der Waals surface area (Å²) in [6.45, 7) is 0. The largest absolute Gasteiger partial charge is 0.396 e. The Morgan fingerprint density at radius 1 is 1.25 bits per heavy atom. The molecule has 2 aromatic heterocycles. The Morgan fingerprint density at radius 2 is 2.00 bits per heavy atom. The zero-order valence-corrected chi connectivity index (χ0v) is 10.7. The summed E-state index contributed by atoms with van der Waals surface area (Å²) in [5.74, 6) is -0.355. The van der Waals surface area contributed by atoms with E-state index in [1.807, 2.05) is 0 Å². The van der Waals surface area contributed by atoms with Crippen molar-refractivity contribution >= 4 is 28.3 Å². The molecule has 1 amide bonds. The molecule has 3 rings (SSSR count). The van der Waals surface area contributed by atoms with Gasteiger partial charge >= 0.3 is 0 Å². The lowest BCUT2D eigenvalue weighted by Gasteiger charge is -2.04. The average molecular weight is 268 g/mol. The highest BCUT2D eigenvalue weighted by Crippen LogP contribution is 2.17. The van der Waals surface area contributed by atoms with Gasteiger partial charge in [-0.15, -0.1) is 0 Å². The lowest BCUT2D eigenvalue weighted by atomic mass is 10.2. The van der Waals surface area contributed by atoms with Crippen LogP contribution in [0.3, 0.4) is 0 Å². The number of amides is 1. The molecule has 0 saturated carbocycles. The van der Waals surface area contributed by atoms with Gasteiger partial charge in [-0.2, -0.15) is 5.10 Å². The highest BCUT2D eigenvalue weighted by molar-refractivity contribution is 6.06. The van der Waals surface area contributed by atoms with Gasteiger partial charge in [0.15, 0.2) is 5.69 Å². The third-order valence-electron chi connectivity index (χ3n) is 2.80. The topological polar surface area (TPSA) is 98.7 Å². The Bertz CT molecular complexity index is 794. The Labute approximate surface area is 114 Å². The lowest BCUT2D eigenvalue weighted by Crippen LogP contribution is -2.14. The van der Waals surface area contributed by atoms with Crippen molar-refractivity contribution in [2.45, 2.75) is 0 Å². The molecule has 0 unspecified atom stereocenters. The van der Waals surface area contributed by atoms with E-state index in [1.54, 1.807) is 43.8 Å². The minimum absolute atomic E-state index is 0.201. The van der Waals surface area contributed by atoms with E-state index in [1.165, 1.54) is 4.68 Å². The standard InChI is InChI=1S/C13H12N6O/c1-19-7-9(14)12(18-19)13(20)17-8-2-3-10-11(6-8)16-5-4-15-10/h2-7H,14H2,1H3,(H,17,20). The minimum atomic E-state index is -0.355. The minimum Gasteiger partial charge on any atom is -0.396 e. The van der Waals surface area contributed by atoms with Crippen molar-refractivity contribution in [1.82, 2.24) is 19.7 Å².